The third-order valence-electron chi connectivity index (χ3n) is 5.00. The number of sulfonamides is 2. The molecule has 0 radical (unpaired) electrons. The summed E-state index contributed by atoms with van der Waals surface area (Å²) >= 11 is 0. The summed E-state index contributed by atoms with van der Waals surface area (Å²) in [7, 11) is -7.18. The van der Waals surface area contributed by atoms with Gasteiger partial charge in [-0.1, -0.05) is 31.5 Å². The zero-order valence-corrected chi connectivity index (χ0v) is 19.0. The maximum atomic E-state index is 13.1. The maximum absolute atomic E-state index is 13.1. The first kappa shape index (κ1) is 23.2. The van der Waals surface area contributed by atoms with E-state index in [0.717, 1.165) is 6.42 Å². The molecule has 168 valence electrons. The van der Waals surface area contributed by atoms with Gasteiger partial charge in [0.25, 0.3) is 0 Å². The average molecular weight is 466 g/mol. The van der Waals surface area contributed by atoms with E-state index >= 15 is 0 Å². The van der Waals surface area contributed by atoms with Crippen LogP contribution in [-0.4, -0.2) is 45.4 Å². The maximum Gasteiger partial charge on any atom is 0.243 e. The predicted octanol–water partition coefficient (Wildman–Crippen LogP) is 3.02. The van der Waals surface area contributed by atoms with Crippen LogP contribution in [0.5, 0.6) is 0 Å². The third-order valence-corrected chi connectivity index (χ3v) is 8.42. The molecule has 0 aliphatic carbocycles. The van der Waals surface area contributed by atoms with Gasteiger partial charge in [-0.2, -0.15) is 4.31 Å². The van der Waals surface area contributed by atoms with Gasteiger partial charge >= 0.3 is 0 Å². The molecule has 1 unspecified atom stereocenters. The van der Waals surface area contributed by atoms with Crippen LogP contribution < -0.4 is 10.0 Å². The van der Waals surface area contributed by atoms with Crippen LogP contribution in [0.25, 0.3) is 0 Å². The molecule has 1 heterocycles. The van der Waals surface area contributed by atoms with Crippen LogP contribution in [0, 0.1) is 0 Å². The molecule has 31 heavy (non-hydrogen) atoms. The van der Waals surface area contributed by atoms with Crippen LogP contribution in [-0.2, 0) is 24.8 Å². The predicted molar refractivity (Wildman–Crippen MR) is 121 cm³/mol. The van der Waals surface area contributed by atoms with E-state index in [1.165, 1.54) is 16.4 Å². The molecule has 2 N–H and O–H groups in total. The summed E-state index contributed by atoms with van der Waals surface area (Å²) in [6, 6.07) is 13.6. The van der Waals surface area contributed by atoms with Crippen molar-refractivity contribution in [2.45, 2.75) is 43.5 Å². The van der Waals surface area contributed by atoms with Crippen molar-refractivity contribution in [1.82, 2.24) is 4.31 Å². The molecule has 1 saturated heterocycles. The van der Waals surface area contributed by atoms with E-state index < -0.39 is 32.0 Å². The second-order valence-corrected chi connectivity index (χ2v) is 11.2. The largest absolute Gasteiger partial charge is 0.325 e. The van der Waals surface area contributed by atoms with E-state index in [1.807, 2.05) is 0 Å². The highest BCUT2D eigenvalue weighted by atomic mass is 32.2. The Kier molecular flexibility index (Phi) is 7.34. The number of hydrogen-bond donors (Lipinski definition) is 2. The Morgan fingerprint density at radius 1 is 0.968 bits per heavy atom. The Bertz CT molecular complexity index is 1100. The highest BCUT2D eigenvalue weighted by Crippen LogP contribution is 2.26. The van der Waals surface area contributed by atoms with E-state index in [-0.39, 0.29) is 17.2 Å². The van der Waals surface area contributed by atoms with Gasteiger partial charge < -0.3 is 5.32 Å². The number of nitrogens with one attached hydrogen (secondary N) is 2. The Morgan fingerprint density at radius 2 is 1.61 bits per heavy atom. The Labute approximate surface area is 183 Å². The summed E-state index contributed by atoms with van der Waals surface area (Å²) in [6.45, 7) is 2.07. The lowest BCUT2D eigenvalue weighted by molar-refractivity contribution is -0.120. The molecule has 2 aromatic rings. The van der Waals surface area contributed by atoms with Gasteiger partial charge in [-0.05, 0) is 55.7 Å². The SMILES string of the molecule is CCCS(=O)(=O)Nc1ccc(NC(=O)C2CCCCN2S(=O)(=O)c2ccccc2)cc1. The topological polar surface area (TPSA) is 113 Å². The minimum atomic E-state index is -3.79. The van der Waals surface area contributed by atoms with Gasteiger partial charge in [0.2, 0.25) is 26.0 Å². The highest BCUT2D eigenvalue weighted by molar-refractivity contribution is 7.92. The van der Waals surface area contributed by atoms with Crippen LogP contribution in [0.3, 0.4) is 0 Å². The lowest BCUT2D eigenvalue weighted by Crippen LogP contribution is -2.49. The monoisotopic (exact) mass is 465 g/mol. The van der Waals surface area contributed by atoms with E-state index in [2.05, 4.69) is 10.0 Å². The zero-order valence-electron chi connectivity index (χ0n) is 17.3. The molecule has 10 heteroatoms. The lowest BCUT2D eigenvalue weighted by Gasteiger charge is -2.33. The average Bonchev–Trinajstić information content (AvgIpc) is 2.75. The van der Waals surface area contributed by atoms with E-state index in [1.54, 1.807) is 49.4 Å². The number of carbonyl (C=O) groups excluding carboxylic acids is 1. The quantitative estimate of drug-likeness (QED) is 0.622. The molecule has 1 fully saturated rings. The first-order valence-corrected chi connectivity index (χ1v) is 13.3. The number of amides is 1. The summed E-state index contributed by atoms with van der Waals surface area (Å²) in [4.78, 5) is 13.1. The fraction of sp³-hybridized carbons (Fsp3) is 0.381. The number of benzene rings is 2. The number of carbonyl (C=O) groups is 1. The van der Waals surface area contributed by atoms with Crippen LogP contribution in [0.4, 0.5) is 11.4 Å². The third kappa shape index (κ3) is 5.84. The fourth-order valence-corrected chi connectivity index (χ4v) is 6.34. The molecule has 3 rings (SSSR count). The molecule has 0 saturated carbocycles. The van der Waals surface area contributed by atoms with Crippen molar-refractivity contribution in [1.29, 1.82) is 0 Å². The number of hydrogen-bond acceptors (Lipinski definition) is 5. The van der Waals surface area contributed by atoms with Crippen molar-refractivity contribution in [3.05, 3.63) is 54.6 Å². The van der Waals surface area contributed by atoms with Crippen molar-refractivity contribution in [3.8, 4) is 0 Å². The smallest absolute Gasteiger partial charge is 0.243 e. The summed E-state index contributed by atoms with van der Waals surface area (Å²) < 4.78 is 53.6. The molecule has 0 aromatic heterocycles. The van der Waals surface area contributed by atoms with Crippen LogP contribution >= 0.6 is 0 Å². The summed E-state index contributed by atoms with van der Waals surface area (Å²) in [6.07, 6.45) is 2.40. The van der Waals surface area contributed by atoms with Crippen LogP contribution in [0.1, 0.15) is 32.6 Å². The van der Waals surface area contributed by atoms with E-state index in [4.69, 9.17) is 0 Å². The minimum absolute atomic E-state index is 0.0267. The van der Waals surface area contributed by atoms with Gasteiger partial charge in [-0.25, -0.2) is 16.8 Å². The molecule has 2 aromatic carbocycles. The Morgan fingerprint density at radius 3 is 2.26 bits per heavy atom. The van der Waals surface area contributed by atoms with Crippen LogP contribution in [0.2, 0.25) is 0 Å². The van der Waals surface area contributed by atoms with E-state index in [9.17, 15) is 21.6 Å². The van der Waals surface area contributed by atoms with Gasteiger partial charge in [-0.15, -0.1) is 0 Å². The van der Waals surface area contributed by atoms with Crippen molar-refractivity contribution in [2.24, 2.45) is 0 Å². The van der Waals surface area contributed by atoms with Gasteiger partial charge in [0, 0.05) is 17.9 Å². The Balaban J connectivity index is 1.72. The second kappa shape index (κ2) is 9.80. The molecule has 1 aliphatic heterocycles. The molecular weight excluding hydrogens is 438 g/mol. The second-order valence-electron chi connectivity index (χ2n) is 7.43. The molecular formula is C21H27N3O5S2. The zero-order chi connectivity index (χ0) is 22.5. The number of rotatable bonds is 8. The standard InChI is InChI=1S/C21H27N3O5S2/c1-2-16-30(26,27)23-18-13-11-17(12-14-18)22-21(25)20-10-6-7-15-24(20)31(28,29)19-8-4-3-5-9-19/h3-5,8-9,11-14,20,23H,2,6-7,10,15-16H2,1H3,(H,22,25). The summed E-state index contributed by atoms with van der Waals surface area (Å²) in [5, 5.41) is 2.76. The first-order valence-electron chi connectivity index (χ1n) is 10.2. The van der Waals surface area contributed by atoms with E-state index in [0.29, 0.717) is 30.6 Å². The summed E-state index contributed by atoms with van der Waals surface area (Å²) in [5.41, 5.74) is 0.864. The lowest BCUT2D eigenvalue weighted by atomic mass is 10.0. The number of piperidine rings is 1. The van der Waals surface area contributed by atoms with Crippen molar-refractivity contribution < 1.29 is 21.6 Å². The molecule has 1 aliphatic rings. The van der Waals surface area contributed by atoms with Gasteiger partial charge in [0.1, 0.15) is 6.04 Å². The number of anilines is 2. The summed E-state index contributed by atoms with van der Waals surface area (Å²) in [5.74, 6) is -0.377. The molecule has 0 bridgehead atoms. The van der Waals surface area contributed by atoms with Gasteiger partial charge in [-0.3, -0.25) is 9.52 Å². The molecule has 1 amide bonds. The normalized spacial score (nSPS) is 17.8. The number of nitrogens with zero attached hydrogens (tertiary/aromatic N) is 1. The van der Waals surface area contributed by atoms with Gasteiger partial charge in [0.05, 0.1) is 10.6 Å². The van der Waals surface area contributed by atoms with Crippen LogP contribution in [0.15, 0.2) is 59.5 Å². The molecule has 0 spiro atoms. The van der Waals surface area contributed by atoms with Gasteiger partial charge in [0.15, 0.2) is 0 Å². The molecule has 1 atom stereocenters. The highest BCUT2D eigenvalue weighted by Gasteiger charge is 2.37. The first-order chi connectivity index (χ1) is 14.7. The Hall–Kier alpha value is -2.43. The van der Waals surface area contributed by atoms with Crippen molar-refractivity contribution in [2.75, 3.05) is 22.3 Å². The fourth-order valence-electron chi connectivity index (χ4n) is 3.53. The van der Waals surface area contributed by atoms with Crippen molar-refractivity contribution >= 4 is 37.3 Å². The minimum Gasteiger partial charge on any atom is -0.325 e. The van der Waals surface area contributed by atoms with Crippen molar-refractivity contribution in [3.63, 3.8) is 0 Å². The molecule has 8 nitrogen and oxygen atoms in total.